The van der Waals surface area contributed by atoms with Crippen molar-refractivity contribution in [3.8, 4) is 11.5 Å². The molecule has 3 rings (SSSR count). The van der Waals surface area contributed by atoms with Crippen LogP contribution in [-0.2, 0) is 19.6 Å². The van der Waals surface area contributed by atoms with E-state index in [0.29, 0.717) is 35.2 Å². The Morgan fingerprint density at radius 2 is 1.69 bits per heavy atom. The van der Waals surface area contributed by atoms with Crippen molar-refractivity contribution in [3.63, 3.8) is 0 Å². The van der Waals surface area contributed by atoms with Crippen LogP contribution in [-0.4, -0.2) is 6.61 Å². The zero-order valence-electron chi connectivity index (χ0n) is 16.7. The van der Waals surface area contributed by atoms with Gasteiger partial charge in [0.05, 0.1) is 11.6 Å². The SMILES string of the molecule is CCOc1cc(CNc2ccc(CC)cc2)cc(Cl)c1OCc1ccccc1F. The van der Waals surface area contributed by atoms with Crippen LogP contribution in [0.4, 0.5) is 10.1 Å². The predicted molar refractivity (Wildman–Crippen MR) is 116 cm³/mol. The molecule has 5 heteroatoms. The van der Waals surface area contributed by atoms with E-state index >= 15 is 0 Å². The van der Waals surface area contributed by atoms with Gasteiger partial charge in [0.1, 0.15) is 12.4 Å². The highest BCUT2D eigenvalue weighted by molar-refractivity contribution is 6.32. The second-order valence-electron chi connectivity index (χ2n) is 6.62. The summed E-state index contributed by atoms with van der Waals surface area (Å²) in [6, 6.07) is 18.6. The maximum Gasteiger partial charge on any atom is 0.180 e. The van der Waals surface area contributed by atoms with E-state index in [2.05, 4.69) is 36.5 Å². The summed E-state index contributed by atoms with van der Waals surface area (Å²) in [5.41, 5.74) is 3.77. The quantitative estimate of drug-likeness (QED) is 0.427. The van der Waals surface area contributed by atoms with Crippen molar-refractivity contribution in [2.75, 3.05) is 11.9 Å². The molecule has 0 atom stereocenters. The number of hydrogen-bond acceptors (Lipinski definition) is 3. The van der Waals surface area contributed by atoms with Crippen LogP contribution in [0.5, 0.6) is 11.5 Å². The van der Waals surface area contributed by atoms with E-state index in [1.807, 2.05) is 19.1 Å². The Balaban J connectivity index is 1.73. The summed E-state index contributed by atoms with van der Waals surface area (Å²) in [4.78, 5) is 0. The second kappa shape index (κ2) is 10.2. The molecule has 0 saturated carbocycles. The van der Waals surface area contributed by atoms with E-state index in [4.69, 9.17) is 21.1 Å². The van der Waals surface area contributed by atoms with E-state index in [0.717, 1.165) is 17.7 Å². The van der Waals surface area contributed by atoms with Gasteiger partial charge < -0.3 is 14.8 Å². The van der Waals surface area contributed by atoms with Gasteiger partial charge in [-0.05, 0) is 54.8 Å². The van der Waals surface area contributed by atoms with Crippen LogP contribution in [0.15, 0.2) is 60.7 Å². The zero-order chi connectivity index (χ0) is 20.6. The summed E-state index contributed by atoms with van der Waals surface area (Å²) in [5.74, 6) is 0.666. The van der Waals surface area contributed by atoms with Gasteiger partial charge in [0.2, 0.25) is 0 Å². The molecule has 29 heavy (non-hydrogen) atoms. The molecule has 152 valence electrons. The maximum atomic E-state index is 13.9. The molecule has 3 aromatic rings. The lowest BCUT2D eigenvalue weighted by Crippen LogP contribution is -2.04. The Bertz CT molecular complexity index is 944. The van der Waals surface area contributed by atoms with Crippen LogP contribution >= 0.6 is 11.6 Å². The molecule has 0 bridgehead atoms. The average Bonchev–Trinajstić information content (AvgIpc) is 2.73. The smallest absolute Gasteiger partial charge is 0.180 e. The molecule has 0 spiro atoms. The van der Waals surface area contributed by atoms with Gasteiger partial charge >= 0.3 is 0 Å². The fourth-order valence-electron chi connectivity index (χ4n) is 2.95. The third-order valence-electron chi connectivity index (χ3n) is 4.56. The topological polar surface area (TPSA) is 30.5 Å². The van der Waals surface area contributed by atoms with Crippen molar-refractivity contribution in [2.45, 2.75) is 33.4 Å². The highest BCUT2D eigenvalue weighted by atomic mass is 35.5. The van der Waals surface area contributed by atoms with E-state index < -0.39 is 0 Å². The Morgan fingerprint density at radius 3 is 2.38 bits per heavy atom. The normalized spacial score (nSPS) is 10.6. The van der Waals surface area contributed by atoms with Crippen molar-refractivity contribution in [2.24, 2.45) is 0 Å². The Kier molecular flexibility index (Phi) is 7.36. The number of ether oxygens (including phenoxy) is 2. The summed E-state index contributed by atoms with van der Waals surface area (Å²) in [5, 5.41) is 3.82. The minimum atomic E-state index is -0.309. The van der Waals surface area contributed by atoms with Crippen molar-refractivity contribution in [1.29, 1.82) is 0 Å². The van der Waals surface area contributed by atoms with Gasteiger partial charge in [-0.3, -0.25) is 0 Å². The van der Waals surface area contributed by atoms with Gasteiger partial charge in [-0.2, -0.15) is 0 Å². The van der Waals surface area contributed by atoms with Gasteiger partial charge in [-0.1, -0.05) is 48.9 Å². The van der Waals surface area contributed by atoms with Crippen LogP contribution in [0, 0.1) is 5.82 Å². The fraction of sp³-hybridized carbons (Fsp3) is 0.250. The van der Waals surface area contributed by atoms with E-state index in [1.54, 1.807) is 18.2 Å². The summed E-state index contributed by atoms with van der Waals surface area (Å²) in [6.07, 6.45) is 1.02. The summed E-state index contributed by atoms with van der Waals surface area (Å²) >= 11 is 6.47. The molecule has 3 nitrogen and oxygen atoms in total. The van der Waals surface area contributed by atoms with Crippen LogP contribution in [0.1, 0.15) is 30.5 Å². The molecule has 0 aliphatic rings. The standard InChI is InChI=1S/C24H25ClFNO2/c1-3-17-9-11-20(12-10-17)27-15-18-13-21(25)24(23(14-18)28-4-2)29-16-19-7-5-6-8-22(19)26/h5-14,27H,3-4,15-16H2,1-2H3. The maximum absolute atomic E-state index is 13.9. The minimum absolute atomic E-state index is 0.0772. The fourth-order valence-corrected chi connectivity index (χ4v) is 3.24. The lowest BCUT2D eigenvalue weighted by atomic mass is 10.1. The molecule has 3 aromatic carbocycles. The van der Waals surface area contributed by atoms with Crippen molar-refractivity contribution < 1.29 is 13.9 Å². The molecule has 0 unspecified atom stereocenters. The summed E-state index contributed by atoms with van der Waals surface area (Å²) in [6.45, 7) is 5.18. The summed E-state index contributed by atoms with van der Waals surface area (Å²) in [7, 11) is 0. The first kappa shape index (κ1) is 21.0. The van der Waals surface area contributed by atoms with Gasteiger partial charge in [0.15, 0.2) is 11.5 Å². The van der Waals surface area contributed by atoms with Crippen molar-refractivity contribution >= 4 is 17.3 Å². The molecule has 0 aliphatic carbocycles. The van der Waals surface area contributed by atoms with E-state index in [1.165, 1.54) is 11.6 Å². The second-order valence-corrected chi connectivity index (χ2v) is 7.03. The summed E-state index contributed by atoms with van der Waals surface area (Å²) < 4.78 is 25.4. The highest BCUT2D eigenvalue weighted by Crippen LogP contribution is 2.37. The first-order valence-corrected chi connectivity index (χ1v) is 10.1. The van der Waals surface area contributed by atoms with Crippen molar-refractivity contribution in [1.82, 2.24) is 0 Å². The van der Waals surface area contributed by atoms with Gasteiger partial charge in [-0.15, -0.1) is 0 Å². The van der Waals surface area contributed by atoms with Gasteiger partial charge in [-0.25, -0.2) is 4.39 Å². The number of rotatable bonds is 9. The number of nitrogens with one attached hydrogen (secondary N) is 1. The Hall–Kier alpha value is -2.72. The lowest BCUT2D eigenvalue weighted by Gasteiger charge is -2.16. The van der Waals surface area contributed by atoms with E-state index in [-0.39, 0.29) is 12.4 Å². The average molecular weight is 414 g/mol. The van der Waals surface area contributed by atoms with E-state index in [9.17, 15) is 4.39 Å². The molecular weight excluding hydrogens is 389 g/mol. The number of halogens is 2. The molecule has 0 amide bonds. The number of benzene rings is 3. The minimum Gasteiger partial charge on any atom is -0.490 e. The predicted octanol–water partition coefficient (Wildman–Crippen LogP) is 6.63. The van der Waals surface area contributed by atoms with Crippen molar-refractivity contribution in [3.05, 3.63) is 88.2 Å². The first-order valence-electron chi connectivity index (χ1n) is 9.75. The monoisotopic (exact) mass is 413 g/mol. The molecule has 0 aromatic heterocycles. The number of hydrogen-bond donors (Lipinski definition) is 1. The van der Waals surface area contributed by atoms with Crippen LogP contribution < -0.4 is 14.8 Å². The molecule has 0 heterocycles. The highest BCUT2D eigenvalue weighted by Gasteiger charge is 2.14. The molecular formula is C24H25ClFNO2. The molecule has 0 saturated heterocycles. The molecule has 0 radical (unpaired) electrons. The third-order valence-corrected chi connectivity index (χ3v) is 4.84. The number of aryl methyl sites for hydroxylation is 1. The van der Waals surface area contributed by atoms with Gasteiger partial charge in [0.25, 0.3) is 0 Å². The zero-order valence-corrected chi connectivity index (χ0v) is 17.4. The molecule has 0 fully saturated rings. The largest absolute Gasteiger partial charge is 0.490 e. The Labute approximate surface area is 176 Å². The van der Waals surface area contributed by atoms with Crippen LogP contribution in [0.25, 0.3) is 0 Å². The van der Waals surface area contributed by atoms with Crippen LogP contribution in [0.3, 0.4) is 0 Å². The molecule has 1 N–H and O–H groups in total. The Morgan fingerprint density at radius 1 is 0.931 bits per heavy atom. The third kappa shape index (κ3) is 5.64. The van der Waals surface area contributed by atoms with Crippen LogP contribution in [0.2, 0.25) is 5.02 Å². The lowest BCUT2D eigenvalue weighted by molar-refractivity contribution is 0.266. The first-order chi connectivity index (χ1) is 14.1. The van der Waals surface area contributed by atoms with Gasteiger partial charge in [0, 0.05) is 17.8 Å². The molecule has 0 aliphatic heterocycles. The number of anilines is 1.